The summed E-state index contributed by atoms with van der Waals surface area (Å²) in [7, 11) is 0. The first-order valence-electron chi connectivity index (χ1n) is 7.81. The van der Waals surface area contributed by atoms with Crippen molar-refractivity contribution in [3.05, 3.63) is 93.2 Å². The highest BCUT2D eigenvalue weighted by Gasteiger charge is 2.20. The van der Waals surface area contributed by atoms with E-state index in [0.717, 1.165) is 4.68 Å². The van der Waals surface area contributed by atoms with Crippen LogP contribution in [0, 0.1) is 17.1 Å². The molecule has 0 aliphatic heterocycles. The largest absolute Gasteiger partial charge is 0.476 e. The molecule has 0 amide bonds. The van der Waals surface area contributed by atoms with Crippen LogP contribution in [0.5, 0.6) is 0 Å². The Hall–Kier alpha value is -4.05. The number of benzene rings is 2. The van der Waals surface area contributed by atoms with Gasteiger partial charge < -0.3 is 5.11 Å². The quantitative estimate of drug-likeness (QED) is 0.770. The van der Waals surface area contributed by atoms with Gasteiger partial charge in [0.15, 0.2) is 5.69 Å². The fourth-order valence-electron chi connectivity index (χ4n) is 2.46. The maximum Gasteiger partial charge on any atom is 0.357 e. The SMILES string of the molecule is N#Cc1c(/C=C\c2ccc(F)cc2)c(C(=O)O)nn(-c2ccccc2)c1=O. The van der Waals surface area contributed by atoms with Crippen molar-refractivity contribution in [3.8, 4) is 11.8 Å². The molecule has 2 aromatic carbocycles. The van der Waals surface area contributed by atoms with Gasteiger partial charge in [-0.3, -0.25) is 4.79 Å². The highest BCUT2D eigenvalue weighted by atomic mass is 19.1. The second-order valence-electron chi connectivity index (χ2n) is 5.49. The standard InChI is InChI=1S/C20H12FN3O3/c21-14-9-6-13(7-10-14)8-11-16-17(12-22)19(25)24(23-18(16)20(26)27)15-4-2-1-3-5-15/h1-11H,(H,26,27)/b11-8-. The molecule has 1 aromatic heterocycles. The normalized spacial score (nSPS) is 10.7. The number of aromatic nitrogens is 2. The van der Waals surface area contributed by atoms with Gasteiger partial charge in [-0.2, -0.15) is 15.0 Å². The average molecular weight is 361 g/mol. The van der Waals surface area contributed by atoms with Crippen molar-refractivity contribution in [2.75, 3.05) is 0 Å². The number of halogens is 1. The van der Waals surface area contributed by atoms with Gasteiger partial charge in [0.05, 0.1) is 5.69 Å². The Morgan fingerprint density at radius 1 is 1.11 bits per heavy atom. The summed E-state index contributed by atoms with van der Waals surface area (Å²) in [5, 5.41) is 22.9. The maximum absolute atomic E-state index is 13.0. The predicted octanol–water partition coefficient (Wildman–Crippen LogP) is 3.11. The highest BCUT2D eigenvalue weighted by Crippen LogP contribution is 2.16. The second-order valence-corrected chi connectivity index (χ2v) is 5.49. The number of aromatic carboxylic acids is 1. The predicted molar refractivity (Wildman–Crippen MR) is 96.8 cm³/mol. The molecule has 0 unspecified atom stereocenters. The zero-order chi connectivity index (χ0) is 19.4. The van der Waals surface area contributed by atoms with Crippen molar-refractivity contribution in [1.29, 1.82) is 5.26 Å². The average Bonchev–Trinajstić information content (AvgIpc) is 2.68. The summed E-state index contributed by atoms with van der Waals surface area (Å²) >= 11 is 0. The van der Waals surface area contributed by atoms with Gasteiger partial charge in [0.25, 0.3) is 5.56 Å². The van der Waals surface area contributed by atoms with Crippen molar-refractivity contribution in [2.45, 2.75) is 0 Å². The molecule has 27 heavy (non-hydrogen) atoms. The Morgan fingerprint density at radius 3 is 2.37 bits per heavy atom. The van der Waals surface area contributed by atoms with Gasteiger partial charge in [-0.25, -0.2) is 9.18 Å². The number of rotatable bonds is 4. The third-order valence-electron chi connectivity index (χ3n) is 3.76. The maximum atomic E-state index is 13.0. The fourth-order valence-corrected chi connectivity index (χ4v) is 2.46. The van der Waals surface area contributed by atoms with Gasteiger partial charge >= 0.3 is 5.97 Å². The third-order valence-corrected chi connectivity index (χ3v) is 3.76. The number of hydrogen-bond acceptors (Lipinski definition) is 4. The van der Waals surface area contributed by atoms with E-state index in [1.807, 2.05) is 0 Å². The van der Waals surface area contributed by atoms with Crippen LogP contribution in [0.25, 0.3) is 17.8 Å². The van der Waals surface area contributed by atoms with Gasteiger partial charge in [0.2, 0.25) is 0 Å². The van der Waals surface area contributed by atoms with Crippen molar-refractivity contribution in [3.63, 3.8) is 0 Å². The summed E-state index contributed by atoms with van der Waals surface area (Å²) in [4.78, 5) is 24.3. The van der Waals surface area contributed by atoms with Crippen molar-refractivity contribution in [2.24, 2.45) is 0 Å². The first kappa shape index (κ1) is 17.8. The molecule has 0 saturated carbocycles. The van der Waals surface area contributed by atoms with E-state index in [9.17, 15) is 24.3 Å². The van der Waals surface area contributed by atoms with Crippen molar-refractivity contribution in [1.82, 2.24) is 9.78 Å². The number of carboxylic acid groups (broad SMARTS) is 1. The number of carboxylic acids is 1. The number of carbonyl (C=O) groups is 1. The molecular formula is C20H12FN3O3. The topological polar surface area (TPSA) is 96.0 Å². The molecule has 0 saturated heterocycles. The Balaban J connectivity index is 2.20. The van der Waals surface area contributed by atoms with Crippen LogP contribution in [0.3, 0.4) is 0 Å². The highest BCUT2D eigenvalue weighted by molar-refractivity contribution is 5.92. The Bertz CT molecular complexity index is 1130. The fraction of sp³-hybridized carbons (Fsp3) is 0. The van der Waals surface area contributed by atoms with Gasteiger partial charge in [-0.15, -0.1) is 0 Å². The van der Waals surface area contributed by atoms with E-state index in [2.05, 4.69) is 5.10 Å². The number of nitriles is 1. The summed E-state index contributed by atoms with van der Waals surface area (Å²) < 4.78 is 13.9. The van der Waals surface area contributed by atoms with Crippen LogP contribution >= 0.6 is 0 Å². The molecule has 0 aliphatic carbocycles. The van der Waals surface area contributed by atoms with E-state index in [-0.39, 0.29) is 11.1 Å². The molecule has 3 rings (SSSR count). The van der Waals surface area contributed by atoms with Crippen LogP contribution in [-0.4, -0.2) is 20.9 Å². The Labute approximate surface area is 153 Å². The zero-order valence-electron chi connectivity index (χ0n) is 13.8. The molecule has 0 bridgehead atoms. The van der Waals surface area contributed by atoms with Crippen LogP contribution in [0.2, 0.25) is 0 Å². The smallest absolute Gasteiger partial charge is 0.357 e. The molecule has 0 aliphatic rings. The minimum atomic E-state index is -1.38. The molecule has 0 fully saturated rings. The third kappa shape index (κ3) is 3.65. The van der Waals surface area contributed by atoms with E-state index >= 15 is 0 Å². The lowest BCUT2D eigenvalue weighted by Gasteiger charge is -2.09. The summed E-state index contributed by atoms with van der Waals surface area (Å²) in [6.07, 6.45) is 2.80. The first-order chi connectivity index (χ1) is 13.0. The van der Waals surface area contributed by atoms with Gasteiger partial charge in [-0.05, 0) is 29.8 Å². The van der Waals surface area contributed by atoms with Gasteiger partial charge in [-0.1, -0.05) is 42.5 Å². The number of nitrogens with zero attached hydrogens (tertiary/aromatic N) is 3. The van der Waals surface area contributed by atoms with Crippen molar-refractivity contribution >= 4 is 18.1 Å². The summed E-state index contributed by atoms with van der Waals surface area (Å²) in [5.41, 5.74) is -0.698. The monoisotopic (exact) mass is 361 g/mol. The second kappa shape index (κ2) is 7.45. The van der Waals surface area contributed by atoms with E-state index in [4.69, 9.17) is 0 Å². The molecule has 0 spiro atoms. The van der Waals surface area contributed by atoms with Crippen LogP contribution < -0.4 is 5.56 Å². The van der Waals surface area contributed by atoms with Crippen LogP contribution in [0.4, 0.5) is 4.39 Å². The molecule has 132 valence electrons. The molecule has 3 aromatic rings. The van der Waals surface area contributed by atoms with E-state index < -0.39 is 23.0 Å². The lowest BCUT2D eigenvalue weighted by atomic mass is 10.1. The minimum absolute atomic E-state index is 0.105. The lowest BCUT2D eigenvalue weighted by Crippen LogP contribution is -2.28. The summed E-state index contributed by atoms with van der Waals surface area (Å²) in [6, 6.07) is 15.4. The van der Waals surface area contributed by atoms with E-state index in [1.165, 1.54) is 36.4 Å². The van der Waals surface area contributed by atoms with E-state index in [1.54, 1.807) is 36.4 Å². The zero-order valence-corrected chi connectivity index (χ0v) is 13.8. The van der Waals surface area contributed by atoms with Gasteiger partial charge in [0, 0.05) is 5.56 Å². The molecule has 0 radical (unpaired) electrons. The van der Waals surface area contributed by atoms with Gasteiger partial charge in [0.1, 0.15) is 17.4 Å². The molecule has 6 nitrogen and oxygen atoms in total. The summed E-state index contributed by atoms with van der Waals surface area (Å²) in [5.74, 6) is -1.79. The van der Waals surface area contributed by atoms with Crippen LogP contribution in [0.15, 0.2) is 59.4 Å². The molecule has 1 N–H and O–H groups in total. The lowest BCUT2D eigenvalue weighted by molar-refractivity contribution is 0.0688. The minimum Gasteiger partial charge on any atom is -0.476 e. The Morgan fingerprint density at radius 2 is 1.78 bits per heavy atom. The van der Waals surface area contributed by atoms with Crippen molar-refractivity contribution < 1.29 is 14.3 Å². The molecular weight excluding hydrogens is 349 g/mol. The number of para-hydroxylation sites is 1. The molecule has 0 atom stereocenters. The number of hydrogen-bond donors (Lipinski definition) is 1. The van der Waals surface area contributed by atoms with Crippen LogP contribution in [0.1, 0.15) is 27.2 Å². The molecule has 1 heterocycles. The first-order valence-corrected chi connectivity index (χ1v) is 7.81. The van der Waals surface area contributed by atoms with E-state index in [0.29, 0.717) is 11.3 Å². The van der Waals surface area contributed by atoms with Crippen LogP contribution in [-0.2, 0) is 0 Å². The Kier molecular flexibility index (Phi) is 4.90. The molecule has 7 heteroatoms. The summed E-state index contributed by atoms with van der Waals surface area (Å²) in [6.45, 7) is 0.